The number of halogens is 1. The van der Waals surface area contributed by atoms with Crippen LogP contribution in [0.3, 0.4) is 0 Å². The Labute approximate surface area is 123 Å². The molecule has 112 valence electrons. The van der Waals surface area contributed by atoms with Crippen molar-refractivity contribution in [2.24, 2.45) is 0 Å². The van der Waals surface area contributed by atoms with Crippen LogP contribution in [0.15, 0.2) is 24.3 Å². The van der Waals surface area contributed by atoms with Crippen LogP contribution in [0.1, 0.15) is 51.7 Å². The second-order valence-corrected chi connectivity index (χ2v) is 5.20. The van der Waals surface area contributed by atoms with Crippen molar-refractivity contribution in [1.82, 2.24) is 4.90 Å². The van der Waals surface area contributed by atoms with E-state index in [0.29, 0.717) is 0 Å². The van der Waals surface area contributed by atoms with Crippen LogP contribution in [-0.4, -0.2) is 24.5 Å². The highest BCUT2D eigenvalue weighted by Crippen LogP contribution is 2.30. The zero-order chi connectivity index (χ0) is 13.7. The summed E-state index contributed by atoms with van der Waals surface area (Å²) < 4.78 is 13.4. The molecule has 1 aliphatic rings. The van der Waals surface area contributed by atoms with Crippen molar-refractivity contribution in [1.29, 1.82) is 0 Å². The number of benzene rings is 1. The van der Waals surface area contributed by atoms with E-state index in [2.05, 4.69) is 24.8 Å². The number of rotatable bonds is 6. The van der Waals surface area contributed by atoms with E-state index < -0.39 is 0 Å². The third-order valence-corrected chi connectivity index (χ3v) is 4.04. The van der Waals surface area contributed by atoms with Gasteiger partial charge in [-0.15, -0.1) is 0 Å². The molecule has 2 rings (SSSR count). The fourth-order valence-electron chi connectivity index (χ4n) is 2.85. The molecule has 0 amide bonds. The van der Waals surface area contributed by atoms with Crippen molar-refractivity contribution in [3.63, 3.8) is 0 Å². The van der Waals surface area contributed by atoms with E-state index >= 15 is 0 Å². The summed E-state index contributed by atoms with van der Waals surface area (Å²) in [5.74, 6) is -0.115. The number of aryl methyl sites for hydroxylation is 1. The van der Waals surface area contributed by atoms with Crippen LogP contribution in [0.4, 0.5) is 4.39 Å². The van der Waals surface area contributed by atoms with Crippen molar-refractivity contribution in [2.45, 2.75) is 47.0 Å². The minimum Gasteiger partial charge on any atom is -0.304 e. The zero-order valence-electron chi connectivity index (χ0n) is 12.1. The lowest BCUT2D eigenvalue weighted by molar-refractivity contribution is 0.301. The fraction of sp³-hybridized carbons (Fsp3) is 0.556. The SMILES string of the molecule is C.CCN(CC)CCCC1=CCCc2ccc(F)cc21. The van der Waals surface area contributed by atoms with Gasteiger partial charge in [-0.25, -0.2) is 4.39 Å². The highest BCUT2D eigenvalue weighted by molar-refractivity contribution is 5.70. The van der Waals surface area contributed by atoms with Gasteiger partial charge in [-0.05, 0) is 74.2 Å². The van der Waals surface area contributed by atoms with Crippen LogP contribution in [0.2, 0.25) is 0 Å². The minimum atomic E-state index is -0.115. The van der Waals surface area contributed by atoms with Gasteiger partial charge in [0.25, 0.3) is 0 Å². The first-order valence-electron chi connectivity index (χ1n) is 7.44. The predicted octanol–water partition coefficient (Wildman–Crippen LogP) is 4.91. The first kappa shape index (κ1) is 16.9. The molecular weight excluding hydrogens is 249 g/mol. The summed E-state index contributed by atoms with van der Waals surface area (Å²) in [5, 5.41) is 0. The quantitative estimate of drug-likeness (QED) is 0.714. The minimum absolute atomic E-state index is 0. The van der Waals surface area contributed by atoms with Crippen LogP contribution in [0, 0.1) is 5.82 Å². The summed E-state index contributed by atoms with van der Waals surface area (Å²) >= 11 is 0. The highest BCUT2D eigenvalue weighted by Gasteiger charge is 2.13. The molecule has 2 heteroatoms. The molecular formula is C18H28FN. The maximum atomic E-state index is 13.4. The molecule has 0 saturated heterocycles. The van der Waals surface area contributed by atoms with Gasteiger partial charge in [-0.2, -0.15) is 0 Å². The molecule has 0 radical (unpaired) electrons. The van der Waals surface area contributed by atoms with Gasteiger partial charge in [0.15, 0.2) is 0 Å². The van der Waals surface area contributed by atoms with Gasteiger partial charge < -0.3 is 4.90 Å². The molecule has 1 nitrogen and oxygen atoms in total. The second kappa shape index (κ2) is 8.21. The van der Waals surface area contributed by atoms with Crippen molar-refractivity contribution >= 4 is 5.57 Å². The van der Waals surface area contributed by atoms with E-state index in [4.69, 9.17) is 0 Å². The normalized spacial score (nSPS) is 13.7. The lowest BCUT2D eigenvalue weighted by Crippen LogP contribution is -2.24. The molecule has 20 heavy (non-hydrogen) atoms. The highest BCUT2D eigenvalue weighted by atomic mass is 19.1. The largest absolute Gasteiger partial charge is 0.304 e. The predicted molar refractivity (Wildman–Crippen MR) is 86.5 cm³/mol. The second-order valence-electron chi connectivity index (χ2n) is 5.20. The van der Waals surface area contributed by atoms with Crippen LogP contribution in [0.25, 0.3) is 5.57 Å². The molecule has 0 atom stereocenters. The summed E-state index contributed by atoms with van der Waals surface area (Å²) in [5.41, 5.74) is 3.79. The standard InChI is InChI=1S/C17H24FN.CH4/c1-3-19(4-2)12-6-9-14-7-5-8-15-10-11-16(18)13-17(14)15;/h7,10-11,13H,3-6,8-9,12H2,1-2H3;1H4. The van der Waals surface area contributed by atoms with E-state index in [1.54, 1.807) is 12.1 Å². The summed E-state index contributed by atoms with van der Waals surface area (Å²) in [6.45, 7) is 7.76. The molecule has 1 aromatic carbocycles. The topological polar surface area (TPSA) is 3.24 Å². The molecule has 0 heterocycles. The molecule has 0 unspecified atom stereocenters. The Kier molecular flexibility index (Phi) is 6.94. The Morgan fingerprint density at radius 3 is 2.65 bits per heavy atom. The van der Waals surface area contributed by atoms with Crippen molar-refractivity contribution in [3.05, 3.63) is 41.2 Å². The first-order valence-corrected chi connectivity index (χ1v) is 7.44. The van der Waals surface area contributed by atoms with E-state index in [-0.39, 0.29) is 13.2 Å². The summed E-state index contributed by atoms with van der Waals surface area (Å²) in [6, 6.07) is 5.23. The lowest BCUT2D eigenvalue weighted by Gasteiger charge is -2.21. The van der Waals surface area contributed by atoms with Crippen LogP contribution in [-0.2, 0) is 6.42 Å². The zero-order valence-corrected chi connectivity index (χ0v) is 12.1. The summed E-state index contributed by atoms with van der Waals surface area (Å²) in [6.07, 6.45) is 6.66. The van der Waals surface area contributed by atoms with Gasteiger partial charge in [0, 0.05) is 0 Å². The van der Waals surface area contributed by atoms with Crippen molar-refractivity contribution in [2.75, 3.05) is 19.6 Å². The molecule has 1 aromatic rings. The molecule has 0 saturated carbocycles. The van der Waals surface area contributed by atoms with Crippen molar-refractivity contribution in [3.8, 4) is 0 Å². The Morgan fingerprint density at radius 1 is 1.20 bits per heavy atom. The number of hydrogen-bond donors (Lipinski definition) is 0. The number of hydrogen-bond acceptors (Lipinski definition) is 1. The summed E-state index contributed by atoms with van der Waals surface area (Å²) in [4.78, 5) is 2.44. The number of allylic oxidation sites excluding steroid dienone is 2. The molecule has 0 N–H and O–H groups in total. The Hall–Kier alpha value is -1.15. The van der Waals surface area contributed by atoms with Crippen LogP contribution < -0.4 is 0 Å². The Balaban J connectivity index is 0.00000200. The maximum Gasteiger partial charge on any atom is 0.123 e. The fourth-order valence-corrected chi connectivity index (χ4v) is 2.85. The molecule has 0 bridgehead atoms. The lowest BCUT2D eigenvalue weighted by atomic mass is 9.88. The molecule has 0 spiro atoms. The van der Waals surface area contributed by atoms with Gasteiger partial charge in [0.05, 0.1) is 0 Å². The molecule has 0 fully saturated rings. The average molecular weight is 277 g/mol. The van der Waals surface area contributed by atoms with Crippen molar-refractivity contribution < 1.29 is 4.39 Å². The maximum absolute atomic E-state index is 13.4. The van der Waals surface area contributed by atoms with Gasteiger partial charge >= 0.3 is 0 Å². The van der Waals surface area contributed by atoms with Crippen LogP contribution >= 0.6 is 0 Å². The van der Waals surface area contributed by atoms with Gasteiger partial charge in [0.1, 0.15) is 5.82 Å². The van der Waals surface area contributed by atoms with E-state index in [0.717, 1.165) is 50.9 Å². The van der Waals surface area contributed by atoms with E-state index in [1.165, 1.54) is 11.1 Å². The first-order chi connectivity index (χ1) is 9.24. The average Bonchev–Trinajstić information content (AvgIpc) is 2.44. The van der Waals surface area contributed by atoms with Gasteiger partial charge in [-0.3, -0.25) is 0 Å². The summed E-state index contributed by atoms with van der Waals surface area (Å²) in [7, 11) is 0. The smallest absolute Gasteiger partial charge is 0.123 e. The van der Waals surface area contributed by atoms with Gasteiger partial charge in [0.2, 0.25) is 0 Å². The number of nitrogens with zero attached hydrogens (tertiary/aromatic N) is 1. The van der Waals surface area contributed by atoms with Crippen LogP contribution in [0.5, 0.6) is 0 Å². The van der Waals surface area contributed by atoms with E-state index in [1.807, 2.05) is 6.07 Å². The third kappa shape index (κ3) is 4.17. The monoisotopic (exact) mass is 277 g/mol. The molecule has 0 aliphatic heterocycles. The Morgan fingerprint density at radius 2 is 1.95 bits per heavy atom. The number of fused-ring (bicyclic) bond motifs is 1. The van der Waals surface area contributed by atoms with E-state index in [9.17, 15) is 4.39 Å². The molecule has 1 aliphatic carbocycles. The third-order valence-electron chi connectivity index (χ3n) is 4.04. The van der Waals surface area contributed by atoms with Gasteiger partial charge in [-0.1, -0.05) is 33.4 Å². The Bertz CT molecular complexity index is 447. The molecule has 0 aromatic heterocycles.